The Kier molecular flexibility index (Phi) is 5.31. The Morgan fingerprint density at radius 1 is 0.957 bits per heavy atom. The molecule has 0 aromatic heterocycles. The van der Waals surface area contributed by atoms with Crippen LogP contribution in [0.5, 0.6) is 5.75 Å². The van der Waals surface area contributed by atoms with Gasteiger partial charge in [0.25, 0.3) is 10.0 Å². The molecule has 0 aliphatic carbocycles. The highest BCUT2D eigenvalue weighted by atomic mass is 32.2. The molecule has 0 aliphatic heterocycles. The van der Waals surface area contributed by atoms with E-state index in [9.17, 15) is 8.42 Å². The number of sulfonamides is 1. The fourth-order valence-corrected chi connectivity index (χ4v) is 4.05. The van der Waals surface area contributed by atoms with E-state index in [0.717, 1.165) is 11.1 Å². The van der Waals surface area contributed by atoms with E-state index >= 15 is 0 Å². The van der Waals surface area contributed by atoms with Gasteiger partial charge in [-0.2, -0.15) is 0 Å². The van der Waals surface area contributed by atoms with E-state index in [-0.39, 0.29) is 4.90 Å². The number of hydrogen-bond donors (Lipinski definition) is 0. The number of aryl methyl sites for hydroxylation is 2. The Hall–Kier alpha value is -2.01. The first kappa shape index (κ1) is 17.3. The van der Waals surface area contributed by atoms with Gasteiger partial charge in [0.15, 0.2) is 0 Å². The molecule has 0 spiro atoms. The third-order valence-electron chi connectivity index (χ3n) is 3.50. The van der Waals surface area contributed by atoms with E-state index < -0.39 is 10.0 Å². The van der Waals surface area contributed by atoms with Crippen molar-refractivity contribution in [2.24, 2.45) is 0 Å². The molecule has 0 N–H and O–H groups in total. The summed E-state index contributed by atoms with van der Waals surface area (Å²) in [6, 6.07) is 12.4. The number of rotatable bonds is 6. The average Bonchev–Trinajstić information content (AvgIpc) is 2.47. The van der Waals surface area contributed by atoms with Crippen LogP contribution in [-0.2, 0) is 10.0 Å². The predicted molar refractivity (Wildman–Crippen MR) is 93.7 cm³/mol. The lowest BCUT2D eigenvalue weighted by Crippen LogP contribution is -2.30. The van der Waals surface area contributed by atoms with Crippen LogP contribution in [0.3, 0.4) is 0 Å². The molecular formula is C18H23NO3S. The maximum atomic E-state index is 12.9. The van der Waals surface area contributed by atoms with Crippen LogP contribution < -0.4 is 9.04 Å². The van der Waals surface area contributed by atoms with E-state index in [1.807, 2.05) is 45.9 Å². The second-order valence-corrected chi connectivity index (χ2v) is 7.28. The van der Waals surface area contributed by atoms with Gasteiger partial charge in [0.1, 0.15) is 5.75 Å². The molecule has 2 aromatic rings. The Morgan fingerprint density at radius 3 is 2.00 bits per heavy atom. The second-order valence-electron chi connectivity index (χ2n) is 5.42. The quantitative estimate of drug-likeness (QED) is 0.805. The molecule has 0 saturated carbocycles. The predicted octanol–water partition coefficient (Wildman–Crippen LogP) is 3.92. The lowest BCUT2D eigenvalue weighted by atomic mass is 10.1. The fourth-order valence-electron chi connectivity index (χ4n) is 2.59. The number of benzene rings is 2. The highest BCUT2D eigenvalue weighted by Crippen LogP contribution is 2.26. The summed E-state index contributed by atoms with van der Waals surface area (Å²) < 4.78 is 32.7. The summed E-state index contributed by atoms with van der Waals surface area (Å²) in [5.74, 6) is 0.667. The van der Waals surface area contributed by atoms with Crippen molar-refractivity contribution >= 4 is 15.7 Å². The first-order valence-corrected chi connectivity index (χ1v) is 9.16. The Labute approximate surface area is 138 Å². The van der Waals surface area contributed by atoms with E-state index in [0.29, 0.717) is 24.6 Å². The van der Waals surface area contributed by atoms with Crippen LogP contribution in [0, 0.1) is 13.8 Å². The lowest BCUT2D eigenvalue weighted by Gasteiger charge is -2.24. The molecule has 2 aromatic carbocycles. The van der Waals surface area contributed by atoms with Crippen molar-refractivity contribution in [1.29, 1.82) is 0 Å². The summed E-state index contributed by atoms with van der Waals surface area (Å²) >= 11 is 0. The van der Waals surface area contributed by atoms with Gasteiger partial charge in [0, 0.05) is 6.54 Å². The summed E-state index contributed by atoms with van der Waals surface area (Å²) in [7, 11) is -3.59. The van der Waals surface area contributed by atoms with Gasteiger partial charge in [-0.1, -0.05) is 6.07 Å². The first-order valence-electron chi connectivity index (χ1n) is 7.72. The normalized spacial score (nSPS) is 11.3. The van der Waals surface area contributed by atoms with Gasteiger partial charge in [-0.15, -0.1) is 0 Å². The molecular weight excluding hydrogens is 310 g/mol. The van der Waals surface area contributed by atoms with Crippen LogP contribution in [0.4, 0.5) is 5.69 Å². The summed E-state index contributed by atoms with van der Waals surface area (Å²) in [5, 5.41) is 0. The van der Waals surface area contributed by atoms with Gasteiger partial charge in [0.2, 0.25) is 0 Å². The first-order chi connectivity index (χ1) is 10.9. The average molecular weight is 333 g/mol. The summed E-state index contributed by atoms with van der Waals surface area (Å²) in [6.45, 7) is 8.59. The Balaban J connectivity index is 2.42. The van der Waals surface area contributed by atoms with Crippen LogP contribution in [0.15, 0.2) is 47.4 Å². The van der Waals surface area contributed by atoms with Crippen LogP contribution in [0.25, 0.3) is 0 Å². The molecule has 0 radical (unpaired) electrons. The van der Waals surface area contributed by atoms with Gasteiger partial charge < -0.3 is 4.74 Å². The zero-order chi connectivity index (χ0) is 17.0. The third-order valence-corrected chi connectivity index (χ3v) is 5.42. The van der Waals surface area contributed by atoms with E-state index in [4.69, 9.17) is 4.74 Å². The summed E-state index contributed by atoms with van der Waals surface area (Å²) in [5.41, 5.74) is 2.78. The fraction of sp³-hybridized carbons (Fsp3) is 0.333. The van der Waals surface area contributed by atoms with E-state index in [1.54, 1.807) is 24.3 Å². The highest BCUT2D eigenvalue weighted by molar-refractivity contribution is 7.92. The molecule has 0 amide bonds. The number of nitrogens with zero attached hydrogens (tertiary/aromatic N) is 1. The molecule has 0 bridgehead atoms. The van der Waals surface area contributed by atoms with Crippen LogP contribution >= 0.6 is 0 Å². The van der Waals surface area contributed by atoms with Gasteiger partial charge in [-0.25, -0.2) is 8.42 Å². The monoisotopic (exact) mass is 333 g/mol. The zero-order valence-electron chi connectivity index (χ0n) is 14.0. The van der Waals surface area contributed by atoms with Crippen molar-refractivity contribution < 1.29 is 13.2 Å². The molecule has 5 heteroatoms. The van der Waals surface area contributed by atoms with Crippen molar-refractivity contribution in [2.45, 2.75) is 32.6 Å². The highest BCUT2D eigenvalue weighted by Gasteiger charge is 2.23. The van der Waals surface area contributed by atoms with E-state index in [1.165, 1.54) is 4.31 Å². The third kappa shape index (κ3) is 3.85. The minimum Gasteiger partial charge on any atom is -0.494 e. The molecule has 0 saturated heterocycles. The molecule has 0 aliphatic rings. The van der Waals surface area contributed by atoms with Crippen LogP contribution in [-0.4, -0.2) is 21.6 Å². The minimum atomic E-state index is -3.59. The van der Waals surface area contributed by atoms with Gasteiger partial charge in [-0.05, 0) is 75.2 Å². The van der Waals surface area contributed by atoms with Gasteiger partial charge in [0.05, 0.1) is 17.2 Å². The molecule has 0 fully saturated rings. The van der Waals surface area contributed by atoms with E-state index in [2.05, 4.69) is 0 Å². The molecule has 23 heavy (non-hydrogen) atoms. The number of hydrogen-bond acceptors (Lipinski definition) is 3. The van der Waals surface area contributed by atoms with Crippen molar-refractivity contribution in [1.82, 2.24) is 0 Å². The second kappa shape index (κ2) is 7.04. The molecule has 124 valence electrons. The molecule has 0 unspecified atom stereocenters. The van der Waals surface area contributed by atoms with Crippen molar-refractivity contribution in [3.8, 4) is 5.75 Å². The number of anilines is 1. The smallest absolute Gasteiger partial charge is 0.264 e. The summed E-state index contributed by atoms with van der Waals surface area (Å²) in [4.78, 5) is 0.266. The summed E-state index contributed by atoms with van der Waals surface area (Å²) in [6.07, 6.45) is 0. The zero-order valence-corrected chi connectivity index (χ0v) is 14.9. The standard InChI is InChI=1S/C18H23NO3S/c1-5-19(16-12-14(3)11-15(4)13-16)23(20,21)18-9-7-17(8-10-18)22-6-2/h7-13H,5-6H2,1-4H3. The number of ether oxygens (including phenoxy) is 1. The molecule has 2 rings (SSSR count). The largest absolute Gasteiger partial charge is 0.494 e. The van der Waals surface area contributed by atoms with Gasteiger partial charge >= 0.3 is 0 Å². The Morgan fingerprint density at radius 2 is 1.52 bits per heavy atom. The molecule has 0 atom stereocenters. The molecule has 0 heterocycles. The van der Waals surface area contributed by atoms with Crippen LogP contribution in [0.2, 0.25) is 0 Å². The Bertz CT molecular complexity index is 747. The molecule has 4 nitrogen and oxygen atoms in total. The maximum absolute atomic E-state index is 12.9. The SMILES string of the molecule is CCOc1ccc(S(=O)(=O)N(CC)c2cc(C)cc(C)c2)cc1. The topological polar surface area (TPSA) is 46.6 Å². The maximum Gasteiger partial charge on any atom is 0.264 e. The minimum absolute atomic E-state index is 0.266. The van der Waals surface area contributed by atoms with Crippen molar-refractivity contribution in [3.05, 3.63) is 53.6 Å². The van der Waals surface area contributed by atoms with Gasteiger partial charge in [-0.3, -0.25) is 4.31 Å². The van der Waals surface area contributed by atoms with Crippen LogP contribution in [0.1, 0.15) is 25.0 Å². The van der Waals surface area contributed by atoms with Crippen molar-refractivity contribution in [2.75, 3.05) is 17.5 Å². The van der Waals surface area contributed by atoms with Crippen molar-refractivity contribution in [3.63, 3.8) is 0 Å². The lowest BCUT2D eigenvalue weighted by molar-refractivity contribution is 0.340.